The van der Waals surface area contributed by atoms with Crippen molar-refractivity contribution >= 4 is 23.5 Å². The molecule has 0 unspecified atom stereocenters. The molecule has 7 nitrogen and oxygen atoms in total. The highest BCUT2D eigenvalue weighted by Gasteiger charge is 2.30. The number of aromatic amines is 1. The van der Waals surface area contributed by atoms with Gasteiger partial charge >= 0.3 is 5.97 Å². The normalized spacial score (nSPS) is 13.8. The molecule has 0 saturated heterocycles. The largest absolute Gasteiger partial charge is 0.462 e. The summed E-state index contributed by atoms with van der Waals surface area (Å²) in [5, 5.41) is 9.30. The number of hydrogen-bond donors (Lipinski definition) is 1. The molecular weight excluding hydrogens is 352 g/mol. The van der Waals surface area contributed by atoms with Gasteiger partial charge in [0.1, 0.15) is 5.82 Å². The Hall–Kier alpha value is -2.09. The fourth-order valence-electron chi connectivity index (χ4n) is 3.14. The third-order valence-electron chi connectivity index (χ3n) is 4.47. The topological polar surface area (TPSA) is 89.9 Å². The SMILES string of the molecule is CCOC(=O)c1c(C)[nH]c(C)c1C(=O)CSc1nnc(C2CC2)n1CC. The van der Waals surface area contributed by atoms with Crippen LogP contribution in [0.3, 0.4) is 0 Å². The fourth-order valence-corrected chi connectivity index (χ4v) is 4.02. The van der Waals surface area contributed by atoms with E-state index in [0.717, 1.165) is 30.4 Å². The number of rotatable bonds is 8. The van der Waals surface area contributed by atoms with Crippen LogP contribution in [0.15, 0.2) is 5.16 Å². The maximum atomic E-state index is 12.8. The van der Waals surface area contributed by atoms with Crippen LogP contribution in [-0.2, 0) is 11.3 Å². The maximum absolute atomic E-state index is 12.8. The minimum Gasteiger partial charge on any atom is -0.462 e. The number of carbonyl (C=O) groups excluding carboxylic acids is 2. The monoisotopic (exact) mass is 376 g/mol. The van der Waals surface area contributed by atoms with E-state index in [1.807, 2.05) is 0 Å². The van der Waals surface area contributed by atoms with Crippen LogP contribution in [0, 0.1) is 13.8 Å². The Morgan fingerprint density at radius 3 is 2.50 bits per heavy atom. The molecule has 2 aromatic heterocycles. The molecule has 3 rings (SSSR count). The van der Waals surface area contributed by atoms with Crippen LogP contribution in [-0.4, -0.2) is 43.9 Å². The summed E-state index contributed by atoms with van der Waals surface area (Å²) in [6.07, 6.45) is 2.32. The van der Waals surface area contributed by atoms with Crippen LogP contribution in [0.1, 0.15) is 70.5 Å². The van der Waals surface area contributed by atoms with Crippen LogP contribution >= 0.6 is 11.8 Å². The van der Waals surface area contributed by atoms with Crippen molar-refractivity contribution in [3.63, 3.8) is 0 Å². The smallest absolute Gasteiger partial charge is 0.340 e. The first-order valence-electron chi connectivity index (χ1n) is 8.93. The van der Waals surface area contributed by atoms with Gasteiger partial charge in [-0.3, -0.25) is 4.79 Å². The first-order chi connectivity index (χ1) is 12.5. The van der Waals surface area contributed by atoms with Crippen molar-refractivity contribution in [3.05, 3.63) is 28.3 Å². The molecule has 0 amide bonds. The summed E-state index contributed by atoms with van der Waals surface area (Å²) < 4.78 is 7.18. The zero-order valence-corrected chi connectivity index (χ0v) is 16.4. The molecule has 0 atom stereocenters. The molecular formula is C18H24N4O3S. The molecule has 1 aliphatic carbocycles. The number of nitrogens with zero attached hydrogens (tertiary/aromatic N) is 3. The van der Waals surface area contributed by atoms with Gasteiger partial charge in [-0.05, 0) is 40.5 Å². The summed E-state index contributed by atoms with van der Waals surface area (Å²) in [7, 11) is 0. The summed E-state index contributed by atoms with van der Waals surface area (Å²) in [5.74, 6) is 1.16. The van der Waals surface area contributed by atoms with E-state index in [-0.39, 0.29) is 18.1 Å². The molecule has 1 aliphatic rings. The highest BCUT2D eigenvalue weighted by molar-refractivity contribution is 7.99. The number of carbonyl (C=O) groups is 2. The van der Waals surface area contributed by atoms with Gasteiger partial charge in [0.05, 0.1) is 23.5 Å². The Bertz CT molecular complexity index is 836. The third-order valence-corrected chi connectivity index (χ3v) is 5.44. The number of thioether (sulfide) groups is 1. The molecule has 26 heavy (non-hydrogen) atoms. The molecule has 2 heterocycles. The molecule has 0 radical (unpaired) electrons. The van der Waals surface area contributed by atoms with E-state index in [0.29, 0.717) is 28.4 Å². The highest BCUT2D eigenvalue weighted by atomic mass is 32.2. The van der Waals surface area contributed by atoms with Crippen molar-refractivity contribution < 1.29 is 14.3 Å². The molecule has 2 aromatic rings. The third kappa shape index (κ3) is 3.56. The van der Waals surface area contributed by atoms with Crippen molar-refractivity contribution in [2.24, 2.45) is 0 Å². The lowest BCUT2D eigenvalue weighted by Gasteiger charge is -2.07. The lowest BCUT2D eigenvalue weighted by molar-refractivity contribution is 0.0522. The summed E-state index contributed by atoms with van der Waals surface area (Å²) >= 11 is 1.37. The average Bonchev–Trinajstić information content (AvgIpc) is 3.29. The lowest BCUT2D eigenvalue weighted by atomic mass is 10.1. The Kier molecular flexibility index (Phi) is 5.50. The molecule has 1 N–H and O–H groups in total. The van der Waals surface area contributed by atoms with E-state index in [1.54, 1.807) is 20.8 Å². The summed E-state index contributed by atoms with van der Waals surface area (Å²) in [4.78, 5) is 28.1. The summed E-state index contributed by atoms with van der Waals surface area (Å²) in [6, 6.07) is 0. The molecule has 1 saturated carbocycles. The quantitative estimate of drug-likeness (QED) is 0.432. The predicted molar refractivity (Wildman–Crippen MR) is 98.9 cm³/mol. The molecule has 0 aromatic carbocycles. The Balaban J connectivity index is 1.78. The number of aryl methyl sites for hydroxylation is 2. The molecule has 0 bridgehead atoms. The van der Waals surface area contributed by atoms with Gasteiger partial charge in [-0.15, -0.1) is 10.2 Å². The van der Waals surface area contributed by atoms with Gasteiger partial charge in [0.2, 0.25) is 0 Å². The van der Waals surface area contributed by atoms with Crippen molar-refractivity contribution in [3.8, 4) is 0 Å². The number of hydrogen-bond acceptors (Lipinski definition) is 6. The number of ether oxygens (including phenoxy) is 1. The standard InChI is InChI=1S/C18H24N4O3S/c1-5-22-16(12-7-8-12)20-21-18(22)26-9-13(23)14-10(3)19-11(4)15(14)17(24)25-6-2/h12,19H,5-9H2,1-4H3. The van der Waals surface area contributed by atoms with Gasteiger partial charge in [0.25, 0.3) is 0 Å². The second kappa shape index (κ2) is 7.65. The molecule has 1 fully saturated rings. The van der Waals surface area contributed by atoms with Gasteiger partial charge in [-0.25, -0.2) is 4.79 Å². The van der Waals surface area contributed by atoms with Gasteiger partial charge < -0.3 is 14.3 Å². The first kappa shape index (κ1) is 18.7. The Labute approximate surface area is 156 Å². The number of Topliss-reactive ketones (excluding diaryl/α,β-unsaturated/α-hetero) is 1. The van der Waals surface area contributed by atoms with Gasteiger partial charge in [-0.1, -0.05) is 11.8 Å². The second-order valence-corrected chi connectivity index (χ2v) is 7.36. The molecule has 8 heteroatoms. The van der Waals surface area contributed by atoms with Crippen molar-refractivity contribution in [1.82, 2.24) is 19.7 Å². The summed E-state index contributed by atoms with van der Waals surface area (Å²) in [6.45, 7) is 8.44. The average molecular weight is 376 g/mol. The van der Waals surface area contributed by atoms with E-state index in [9.17, 15) is 9.59 Å². The van der Waals surface area contributed by atoms with E-state index in [1.165, 1.54) is 11.8 Å². The van der Waals surface area contributed by atoms with E-state index in [2.05, 4.69) is 26.7 Å². The Morgan fingerprint density at radius 2 is 1.88 bits per heavy atom. The van der Waals surface area contributed by atoms with Crippen molar-refractivity contribution in [2.45, 2.75) is 58.2 Å². The van der Waals surface area contributed by atoms with Gasteiger partial charge in [-0.2, -0.15) is 0 Å². The van der Waals surface area contributed by atoms with Crippen molar-refractivity contribution in [1.29, 1.82) is 0 Å². The van der Waals surface area contributed by atoms with E-state index in [4.69, 9.17) is 4.74 Å². The molecule has 0 aliphatic heterocycles. The lowest BCUT2D eigenvalue weighted by Crippen LogP contribution is -2.13. The number of esters is 1. The van der Waals surface area contributed by atoms with Crippen LogP contribution < -0.4 is 0 Å². The number of H-pyrrole nitrogens is 1. The summed E-state index contributed by atoms with van der Waals surface area (Å²) in [5.41, 5.74) is 2.10. The predicted octanol–water partition coefficient (Wildman–Crippen LogP) is 3.27. The fraction of sp³-hybridized carbons (Fsp3) is 0.556. The Morgan fingerprint density at radius 1 is 1.19 bits per heavy atom. The second-order valence-electron chi connectivity index (χ2n) is 6.42. The van der Waals surface area contributed by atoms with Crippen molar-refractivity contribution in [2.75, 3.05) is 12.4 Å². The van der Waals surface area contributed by atoms with E-state index < -0.39 is 5.97 Å². The van der Waals surface area contributed by atoms with Gasteiger partial charge in [0, 0.05) is 23.9 Å². The van der Waals surface area contributed by atoms with Crippen LogP contribution in [0.25, 0.3) is 0 Å². The minimum atomic E-state index is -0.463. The zero-order valence-electron chi connectivity index (χ0n) is 15.6. The first-order valence-corrected chi connectivity index (χ1v) is 9.91. The molecule has 140 valence electrons. The van der Waals surface area contributed by atoms with Crippen LogP contribution in [0.4, 0.5) is 0 Å². The van der Waals surface area contributed by atoms with Crippen LogP contribution in [0.2, 0.25) is 0 Å². The van der Waals surface area contributed by atoms with Gasteiger partial charge in [0.15, 0.2) is 10.9 Å². The maximum Gasteiger partial charge on any atom is 0.340 e. The zero-order chi connectivity index (χ0) is 18.8. The van der Waals surface area contributed by atoms with E-state index >= 15 is 0 Å². The minimum absolute atomic E-state index is 0.112. The number of aromatic nitrogens is 4. The number of ketones is 1. The highest BCUT2D eigenvalue weighted by Crippen LogP contribution is 2.40. The molecule has 0 spiro atoms. The van der Waals surface area contributed by atoms with Crippen LogP contribution in [0.5, 0.6) is 0 Å². The number of nitrogens with one attached hydrogen (secondary N) is 1.